The first-order valence-electron chi connectivity index (χ1n) is 15.8. The molecule has 6 heterocycles. The zero-order valence-corrected chi connectivity index (χ0v) is 26.7. The number of benzene rings is 1. The Balaban J connectivity index is 1.60. The molecule has 1 aromatic carbocycles. The highest BCUT2D eigenvalue weighted by molar-refractivity contribution is 6.00. The molecule has 2 atom stereocenters. The summed E-state index contributed by atoms with van der Waals surface area (Å²) in [5.41, 5.74) is 1.73. The predicted octanol–water partition coefficient (Wildman–Crippen LogP) is 4.67. The summed E-state index contributed by atoms with van der Waals surface area (Å²) in [4.78, 5) is 43.2. The van der Waals surface area contributed by atoms with Gasteiger partial charge in [0.15, 0.2) is 11.5 Å². The van der Waals surface area contributed by atoms with Crippen molar-refractivity contribution in [1.29, 1.82) is 0 Å². The van der Waals surface area contributed by atoms with Gasteiger partial charge in [-0.2, -0.15) is 0 Å². The number of aryl methyl sites for hydroxylation is 1. The van der Waals surface area contributed by atoms with Gasteiger partial charge in [0.25, 0.3) is 5.56 Å². The highest BCUT2D eigenvalue weighted by Crippen LogP contribution is 2.45. The molecule has 2 unspecified atom stereocenters. The number of anilines is 2. The Morgan fingerprint density at radius 2 is 1.81 bits per heavy atom. The molecule has 1 amide bonds. The Bertz CT molecular complexity index is 1990. The van der Waals surface area contributed by atoms with Crippen LogP contribution in [0.2, 0.25) is 0 Å². The summed E-state index contributed by atoms with van der Waals surface area (Å²) >= 11 is 0. The van der Waals surface area contributed by atoms with E-state index in [9.17, 15) is 9.90 Å². The number of hydrogen-bond donors (Lipinski definition) is 1. The summed E-state index contributed by atoms with van der Waals surface area (Å²) in [5.74, 6) is -2.45. The minimum atomic E-state index is -0.855. The number of carbonyl (C=O) groups excluding carboxylic acids is 1. The molecule has 3 aromatic heterocycles. The van der Waals surface area contributed by atoms with E-state index in [2.05, 4.69) is 21.4 Å². The van der Waals surface area contributed by atoms with E-state index in [1.165, 1.54) is 28.8 Å². The maximum absolute atomic E-state index is 16.3. The van der Waals surface area contributed by atoms with Gasteiger partial charge in [-0.1, -0.05) is 26.5 Å². The van der Waals surface area contributed by atoms with Gasteiger partial charge in [-0.25, -0.2) is 13.8 Å². The lowest BCUT2D eigenvalue weighted by atomic mass is 9.96. The van der Waals surface area contributed by atoms with Crippen LogP contribution in [-0.2, 0) is 9.53 Å². The Morgan fingerprint density at radius 1 is 1.06 bits per heavy atom. The maximum Gasteiger partial charge on any atom is 0.282 e. The number of ether oxygens (including phenoxy) is 1. The molecule has 3 aliphatic heterocycles. The summed E-state index contributed by atoms with van der Waals surface area (Å²) in [6, 6.07) is 6.22. The Labute approximate surface area is 270 Å². The van der Waals surface area contributed by atoms with Crippen molar-refractivity contribution in [3.05, 3.63) is 82.4 Å². The predicted molar refractivity (Wildman–Crippen MR) is 175 cm³/mol. The highest BCUT2D eigenvalue weighted by Gasteiger charge is 2.45. The molecule has 0 bridgehead atoms. The average Bonchev–Trinajstić information content (AvgIpc) is 3.00. The number of carbonyl (C=O) groups is 1. The molecule has 2 fully saturated rings. The van der Waals surface area contributed by atoms with Crippen molar-refractivity contribution in [2.45, 2.75) is 51.7 Å². The lowest BCUT2D eigenvalue weighted by Crippen LogP contribution is -2.67. The second kappa shape index (κ2) is 11.4. The van der Waals surface area contributed by atoms with Gasteiger partial charge in [0, 0.05) is 37.3 Å². The van der Waals surface area contributed by atoms with Gasteiger partial charge >= 0.3 is 0 Å². The number of halogens is 2. The van der Waals surface area contributed by atoms with E-state index in [-0.39, 0.29) is 41.2 Å². The summed E-state index contributed by atoms with van der Waals surface area (Å²) in [7, 11) is 0. The first-order valence-corrected chi connectivity index (χ1v) is 15.8. The first-order chi connectivity index (χ1) is 22.5. The van der Waals surface area contributed by atoms with Crippen LogP contribution < -0.4 is 15.4 Å². The quantitative estimate of drug-likeness (QED) is 0.314. The van der Waals surface area contributed by atoms with Crippen LogP contribution in [0, 0.1) is 18.6 Å². The SMILES string of the molecule is C=CC(=O)N1CC2CN(C3COC3)c3c(c4cc(F)c(-c5c(O)cccc5F)nc4n(-c4c(C)ccnc4C(C)C)c3=O)N2CC1C. The number of aromatic nitrogens is 3. The van der Waals surface area contributed by atoms with Crippen LogP contribution in [0.4, 0.5) is 20.2 Å². The van der Waals surface area contributed by atoms with E-state index >= 15 is 13.6 Å². The molecular weight excluding hydrogens is 606 g/mol. The minimum absolute atomic E-state index is 0.0877. The molecule has 7 rings (SSSR count). The number of phenolic OH excluding ortho intramolecular Hbond substituents is 1. The molecular formula is C35H36F2N6O4. The summed E-state index contributed by atoms with van der Waals surface area (Å²) in [5, 5.41) is 11.0. The van der Waals surface area contributed by atoms with Crippen molar-refractivity contribution in [3.63, 3.8) is 0 Å². The number of phenols is 1. The molecule has 2 saturated heterocycles. The van der Waals surface area contributed by atoms with Crippen molar-refractivity contribution in [1.82, 2.24) is 19.4 Å². The molecule has 3 aliphatic rings. The Kier molecular flexibility index (Phi) is 7.50. The lowest BCUT2D eigenvalue weighted by molar-refractivity contribution is -0.128. The number of nitrogens with zero attached hydrogens (tertiary/aromatic N) is 6. The number of rotatable bonds is 5. The van der Waals surface area contributed by atoms with Gasteiger partial charge in [0.2, 0.25) is 5.91 Å². The largest absolute Gasteiger partial charge is 0.507 e. The number of amides is 1. The summed E-state index contributed by atoms with van der Waals surface area (Å²) < 4.78 is 38.6. The van der Waals surface area contributed by atoms with Gasteiger partial charge in [-0.15, -0.1) is 0 Å². The van der Waals surface area contributed by atoms with E-state index < -0.39 is 28.6 Å². The lowest BCUT2D eigenvalue weighted by Gasteiger charge is -2.54. The average molecular weight is 643 g/mol. The summed E-state index contributed by atoms with van der Waals surface area (Å²) in [6.07, 6.45) is 2.99. The molecule has 0 saturated carbocycles. The smallest absolute Gasteiger partial charge is 0.282 e. The molecule has 10 nitrogen and oxygen atoms in total. The van der Waals surface area contributed by atoms with Crippen molar-refractivity contribution in [3.8, 4) is 22.7 Å². The van der Waals surface area contributed by atoms with Crippen molar-refractivity contribution < 1.29 is 23.4 Å². The molecule has 1 N–H and O–H groups in total. The molecule has 12 heteroatoms. The zero-order chi connectivity index (χ0) is 33.3. The molecule has 47 heavy (non-hydrogen) atoms. The van der Waals surface area contributed by atoms with Gasteiger partial charge in [0.1, 0.15) is 22.9 Å². The fraction of sp³-hybridized carbons (Fsp3) is 0.371. The van der Waals surface area contributed by atoms with Gasteiger partial charge in [-0.3, -0.25) is 19.1 Å². The van der Waals surface area contributed by atoms with Crippen LogP contribution >= 0.6 is 0 Å². The van der Waals surface area contributed by atoms with Crippen molar-refractivity contribution >= 4 is 28.3 Å². The number of fused-ring (bicyclic) bond motifs is 5. The molecule has 0 radical (unpaired) electrons. The zero-order valence-electron chi connectivity index (χ0n) is 26.7. The second-order valence-corrected chi connectivity index (χ2v) is 12.9. The van der Waals surface area contributed by atoms with Crippen LogP contribution in [0.3, 0.4) is 0 Å². The van der Waals surface area contributed by atoms with Crippen LogP contribution in [0.15, 0.2) is 54.0 Å². The molecule has 244 valence electrons. The summed E-state index contributed by atoms with van der Waals surface area (Å²) in [6.45, 7) is 13.4. The van der Waals surface area contributed by atoms with Crippen LogP contribution in [0.5, 0.6) is 5.75 Å². The monoisotopic (exact) mass is 642 g/mol. The van der Waals surface area contributed by atoms with E-state index in [0.717, 1.165) is 11.6 Å². The van der Waals surface area contributed by atoms with E-state index in [0.29, 0.717) is 61.0 Å². The standard InChI is InChI=1S/C35H36F2N6O4/c1-6-27(45)40-14-21-15-42(22-16-47-17-22)33-32(41(21)13-20(40)5)23-12-25(37)30(28-24(36)8-7-9-26(28)44)39-34(23)43(35(33)46)31-19(4)10-11-38-29(31)18(2)3/h6-12,18,20-22,44H,1,13-17H2,2-5H3. The first kappa shape index (κ1) is 30.8. The van der Waals surface area contributed by atoms with Gasteiger partial charge in [-0.05, 0) is 55.7 Å². The number of pyridine rings is 3. The Hall–Kier alpha value is -4.84. The van der Waals surface area contributed by atoms with Gasteiger partial charge in [0.05, 0.1) is 47.9 Å². The topological polar surface area (TPSA) is 104 Å². The third-order valence-corrected chi connectivity index (χ3v) is 9.55. The molecule has 0 aliphatic carbocycles. The van der Waals surface area contributed by atoms with Crippen LogP contribution in [-0.4, -0.2) is 81.4 Å². The second-order valence-electron chi connectivity index (χ2n) is 12.9. The van der Waals surface area contributed by atoms with Gasteiger partial charge < -0.3 is 24.5 Å². The fourth-order valence-electron chi connectivity index (χ4n) is 7.16. The van der Waals surface area contributed by atoms with E-state index in [4.69, 9.17) is 4.74 Å². The Morgan fingerprint density at radius 3 is 2.47 bits per heavy atom. The van der Waals surface area contributed by atoms with Crippen molar-refractivity contribution in [2.24, 2.45) is 0 Å². The maximum atomic E-state index is 16.3. The number of aromatic hydroxyl groups is 1. The minimum Gasteiger partial charge on any atom is -0.507 e. The third kappa shape index (κ3) is 4.76. The van der Waals surface area contributed by atoms with Crippen LogP contribution in [0.1, 0.15) is 37.9 Å². The fourth-order valence-corrected chi connectivity index (χ4v) is 7.16. The molecule has 4 aromatic rings. The number of piperazine rings is 1. The third-order valence-electron chi connectivity index (χ3n) is 9.55. The van der Waals surface area contributed by atoms with E-state index in [1.54, 1.807) is 17.2 Å². The molecule has 0 spiro atoms. The normalized spacial score (nSPS) is 19.5. The van der Waals surface area contributed by atoms with E-state index in [1.807, 2.05) is 32.6 Å². The number of hydrogen-bond acceptors (Lipinski definition) is 8. The van der Waals surface area contributed by atoms with Crippen molar-refractivity contribution in [2.75, 3.05) is 42.6 Å². The highest BCUT2D eigenvalue weighted by atomic mass is 19.1. The van der Waals surface area contributed by atoms with Crippen LogP contribution in [0.25, 0.3) is 28.0 Å².